The van der Waals surface area contributed by atoms with Crippen molar-refractivity contribution in [2.45, 2.75) is 39.3 Å². The Hall–Kier alpha value is -0.870. The second-order valence-corrected chi connectivity index (χ2v) is 3.97. The molecule has 0 radical (unpaired) electrons. The van der Waals surface area contributed by atoms with Crippen LogP contribution < -0.4 is 5.32 Å². The third-order valence-corrected chi connectivity index (χ3v) is 2.55. The molecule has 0 aliphatic heterocycles. The molecule has 90 valence electrons. The molecule has 0 saturated heterocycles. The van der Waals surface area contributed by atoms with Crippen molar-refractivity contribution in [2.75, 3.05) is 12.4 Å². The molecule has 0 unspecified atom stereocenters. The number of halogens is 1. The molecule has 0 fully saturated rings. The predicted molar refractivity (Wildman–Crippen MR) is 65.7 cm³/mol. The lowest BCUT2D eigenvalue weighted by Crippen LogP contribution is -2.18. The molecule has 0 aliphatic rings. The standard InChI is InChI=1S/C11H18ClN3O/c1-4-8(5-2)13-10-6-9(12)14-11(15-10)7-16-3/h6,8H,4-5,7H2,1-3H3,(H,13,14,15). The van der Waals surface area contributed by atoms with Crippen LogP contribution in [0.3, 0.4) is 0 Å². The molecular formula is C11H18ClN3O. The third-order valence-electron chi connectivity index (χ3n) is 2.35. The zero-order valence-electron chi connectivity index (χ0n) is 9.96. The van der Waals surface area contributed by atoms with Gasteiger partial charge in [0.05, 0.1) is 0 Å². The van der Waals surface area contributed by atoms with E-state index in [4.69, 9.17) is 16.3 Å². The van der Waals surface area contributed by atoms with Gasteiger partial charge in [0.15, 0.2) is 5.82 Å². The summed E-state index contributed by atoms with van der Waals surface area (Å²) >= 11 is 5.91. The van der Waals surface area contributed by atoms with E-state index in [2.05, 4.69) is 29.1 Å². The summed E-state index contributed by atoms with van der Waals surface area (Å²) in [5, 5.41) is 3.77. The van der Waals surface area contributed by atoms with E-state index >= 15 is 0 Å². The molecule has 5 heteroatoms. The number of nitrogens with one attached hydrogen (secondary N) is 1. The molecule has 0 saturated carbocycles. The topological polar surface area (TPSA) is 47.0 Å². The van der Waals surface area contributed by atoms with Crippen molar-refractivity contribution in [1.29, 1.82) is 0 Å². The van der Waals surface area contributed by atoms with Crippen molar-refractivity contribution in [3.8, 4) is 0 Å². The lowest BCUT2D eigenvalue weighted by molar-refractivity contribution is 0.178. The number of rotatable bonds is 6. The molecule has 1 heterocycles. The van der Waals surface area contributed by atoms with Crippen LogP contribution in [0.1, 0.15) is 32.5 Å². The Morgan fingerprint density at radius 3 is 2.62 bits per heavy atom. The third kappa shape index (κ3) is 3.94. The number of hydrogen-bond donors (Lipinski definition) is 1. The first-order valence-electron chi connectivity index (χ1n) is 5.48. The fourth-order valence-corrected chi connectivity index (χ4v) is 1.64. The lowest BCUT2D eigenvalue weighted by atomic mass is 10.2. The van der Waals surface area contributed by atoms with Gasteiger partial charge in [0.2, 0.25) is 0 Å². The number of ether oxygens (including phenoxy) is 1. The van der Waals surface area contributed by atoms with Gasteiger partial charge < -0.3 is 10.1 Å². The van der Waals surface area contributed by atoms with Crippen LogP contribution in [0.4, 0.5) is 5.82 Å². The monoisotopic (exact) mass is 243 g/mol. The molecule has 1 N–H and O–H groups in total. The molecule has 1 aromatic rings. The fourth-order valence-electron chi connectivity index (χ4n) is 1.43. The average Bonchev–Trinajstić information content (AvgIpc) is 2.25. The highest BCUT2D eigenvalue weighted by Crippen LogP contribution is 2.14. The van der Waals surface area contributed by atoms with Crippen LogP contribution in [-0.4, -0.2) is 23.1 Å². The Kier molecular flexibility index (Phi) is 5.49. The second kappa shape index (κ2) is 6.66. The number of aromatic nitrogens is 2. The summed E-state index contributed by atoms with van der Waals surface area (Å²) in [7, 11) is 1.61. The normalized spacial score (nSPS) is 10.8. The first-order chi connectivity index (χ1) is 7.69. The number of anilines is 1. The maximum absolute atomic E-state index is 5.91. The summed E-state index contributed by atoms with van der Waals surface area (Å²) in [5.41, 5.74) is 0. The smallest absolute Gasteiger partial charge is 0.158 e. The van der Waals surface area contributed by atoms with Gasteiger partial charge in [-0.1, -0.05) is 25.4 Å². The highest BCUT2D eigenvalue weighted by Gasteiger charge is 2.07. The Balaban J connectivity index is 2.78. The van der Waals surface area contributed by atoms with E-state index in [0.29, 0.717) is 23.6 Å². The van der Waals surface area contributed by atoms with Crippen LogP contribution in [-0.2, 0) is 11.3 Å². The van der Waals surface area contributed by atoms with Crippen LogP contribution in [0.5, 0.6) is 0 Å². The molecule has 0 bridgehead atoms. The Labute approximate surface area is 101 Å². The van der Waals surface area contributed by atoms with Crippen molar-refractivity contribution in [3.05, 3.63) is 17.0 Å². The Morgan fingerprint density at radius 2 is 2.06 bits per heavy atom. The molecule has 16 heavy (non-hydrogen) atoms. The van der Waals surface area contributed by atoms with Crippen molar-refractivity contribution in [1.82, 2.24) is 9.97 Å². The van der Waals surface area contributed by atoms with E-state index < -0.39 is 0 Å². The molecule has 1 rings (SSSR count). The molecule has 0 aliphatic carbocycles. The molecule has 0 amide bonds. The van der Waals surface area contributed by atoms with E-state index in [1.165, 1.54) is 0 Å². The average molecular weight is 244 g/mol. The minimum atomic E-state index is 0.373. The largest absolute Gasteiger partial charge is 0.377 e. The summed E-state index contributed by atoms with van der Waals surface area (Å²) in [6.07, 6.45) is 2.11. The van der Waals surface area contributed by atoms with E-state index in [0.717, 1.165) is 18.7 Å². The van der Waals surface area contributed by atoms with Crippen LogP contribution in [0.25, 0.3) is 0 Å². The zero-order valence-corrected chi connectivity index (χ0v) is 10.7. The Bertz CT molecular complexity index is 329. The zero-order chi connectivity index (χ0) is 12.0. The van der Waals surface area contributed by atoms with Crippen LogP contribution in [0.2, 0.25) is 5.15 Å². The lowest BCUT2D eigenvalue weighted by Gasteiger charge is -2.15. The van der Waals surface area contributed by atoms with Crippen LogP contribution in [0, 0.1) is 0 Å². The quantitative estimate of drug-likeness (QED) is 0.781. The van der Waals surface area contributed by atoms with E-state index in [-0.39, 0.29) is 0 Å². The number of hydrogen-bond acceptors (Lipinski definition) is 4. The fraction of sp³-hybridized carbons (Fsp3) is 0.636. The van der Waals surface area contributed by atoms with E-state index in [1.807, 2.05) is 0 Å². The summed E-state index contributed by atoms with van der Waals surface area (Å²) in [6.45, 7) is 4.65. The van der Waals surface area contributed by atoms with Crippen molar-refractivity contribution >= 4 is 17.4 Å². The molecule has 0 atom stereocenters. The number of nitrogens with zero attached hydrogens (tertiary/aromatic N) is 2. The first kappa shape index (κ1) is 13.2. The maximum atomic E-state index is 5.91. The molecule has 0 aromatic carbocycles. The summed E-state index contributed by atoms with van der Waals surface area (Å²) in [5.74, 6) is 1.37. The Morgan fingerprint density at radius 1 is 1.38 bits per heavy atom. The summed E-state index contributed by atoms with van der Waals surface area (Å²) in [6, 6.07) is 2.15. The minimum Gasteiger partial charge on any atom is -0.377 e. The first-order valence-corrected chi connectivity index (χ1v) is 5.86. The second-order valence-electron chi connectivity index (χ2n) is 3.58. The van der Waals surface area contributed by atoms with Gasteiger partial charge in [-0.15, -0.1) is 0 Å². The van der Waals surface area contributed by atoms with Crippen LogP contribution >= 0.6 is 11.6 Å². The van der Waals surface area contributed by atoms with E-state index in [9.17, 15) is 0 Å². The van der Waals surface area contributed by atoms with Gasteiger partial charge in [-0.25, -0.2) is 9.97 Å². The van der Waals surface area contributed by atoms with Crippen LogP contribution in [0.15, 0.2) is 6.07 Å². The van der Waals surface area contributed by atoms with Gasteiger partial charge >= 0.3 is 0 Å². The van der Waals surface area contributed by atoms with Gasteiger partial charge in [-0.2, -0.15) is 0 Å². The summed E-state index contributed by atoms with van der Waals surface area (Å²) in [4.78, 5) is 8.40. The minimum absolute atomic E-state index is 0.373. The SMILES string of the molecule is CCC(CC)Nc1cc(Cl)nc(COC)n1. The maximum Gasteiger partial charge on any atom is 0.158 e. The highest BCUT2D eigenvalue weighted by molar-refractivity contribution is 6.29. The van der Waals surface area contributed by atoms with Gasteiger partial charge in [0.25, 0.3) is 0 Å². The predicted octanol–water partition coefficient (Wildman–Crippen LogP) is 2.88. The highest BCUT2D eigenvalue weighted by atomic mass is 35.5. The van der Waals surface area contributed by atoms with Gasteiger partial charge in [-0.3, -0.25) is 0 Å². The van der Waals surface area contributed by atoms with E-state index in [1.54, 1.807) is 13.2 Å². The molecule has 0 spiro atoms. The summed E-state index contributed by atoms with van der Waals surface area (Å²) < 4.78 is 4.98. The molecule has 1 aromatic heterocycles. The van der Waals surface area contributed by atoms with Gasteiger partial charge in [-0.05, 0) is 12.8 Å². The van der Waals surface area contributed by atoms with Gasteiger partial charge in [0, 0.05) is 19.2 Å². The number of methoxy groups -OCH3 is 1. The molecular weight excluding hydrogens is 226 g/mol. The molecule has 4 nitrogen and oxygen atoms in total. The van der Waals surface area contributed by atoms with Crippen molar-refractivity contribution in [2.24, 2.45) is 0 Å². The van der Waals surface area contributed by atoms with Gasteiger partial charge in [0.1, 0.15) is 17.6 Å². The van der Waals surface area contributed by atoms with Crippen molar-refractivity contribution < 1.29 is 4.74 Å². The van der Waals surface area contributed by atoms with Crippen molar-refractivity contribution in [3.63, 3.8) is 0 Å².